The third kappa shape index (κ3) is 6.27. The normalized spacial score (nSPS) is 11.8. The lowest BCUT2D eigenvalue weighted by Crippen LogP contribution is -2.30. The van der Waals surface area contributed by atoms with Crippen molar-refractivity contribution in [2.75, 3.05) is 61.5 Å². The molecular weight excluding hydrogens is 322 g/mol. The second-order valence-corrected chi connectivity index (χ2v) is 7.56. The van der Waals surface area contributed by atoms with E-state index in [-0.39, 0.29) is 0 Å². The minimum atomic E-state index is 0.936. The number of hydrogen-bond acceptors (Lipinski definition) is 4. The fourth-order valence-electron chi connectivity index (χ4n) is 3.38. The molecule has 0 heterocycles. The van der Waals surface area contributed by atoms with Crippen LogP contribution in [0.4, 0.5) is 0 Å². The van der Waals surface area contributed by atoms with Crippen molar-refractivity contribution in [3.63, 3.8) is 0 Å². The predicted octanol–water partition coefficient (Wildman–Crippen LogP) is 3.55. The van der Waals surface area contributed by atoms with Crippen molar-refractivity contribution in [2.24, 2.45) is 0 Å². The Morgan fingerprint density at radius 3 is 1.96 bits per heavy atom. The van der Waals surface area contributed by atoms with Crippen molar-refractivity contribution < 1.29 is 4.74 Å². The first-order valence-electron chi connectivity index (χ1n) is 9.57. The van der Waals surface area contributed by atoms with Gasteiger partial charge in [-0.05, 0) is 84.1 Å². The smallest absolute Gasteiger partial charge is 0.123 e. The topological polar surface area (TPSA) is 19.0 Å². The molecule has 0 bridgehead atoms. The Morgan fingerprint density at radius 2 is 1.38 bits per heavy atom. The summed E-state index contributed by atoms with van der Waals surface area (Å²) >= 11 is 0. The molecule has 26 heavy (non-hydrogen) atoms. The lowest BCUT2D eigenvalue weighted by atomic mass is 10.0. The van der Waals surface area contributed by atoms with E-state index in [0.717, 1.165) is 38.5 Å². The summed E-state index contributed by atoms with van der Waals surface area (Å²) < 4.78 is 5.70. The van der Waals surface area contributed by atoms with Crippen molar-refractivity contribution in [3.05, 3.63) is 42.0 Å². The Balaban J connectivity index is 2.18. The third-order valence-electron chi connectivity index (χ3n) is 4.76. The highest BCUT2D eigenvalue weighted by molar-refractivity contribution is 5.87. The van der Waals surface area contributed by atoms with E-state index in [4.69, 9.17) is 4.74 Å². The van der Waals surface area contributed by atoms with Gasteiger partial charge in [0.25, 0.3) is 0 Å². The molecule has 2 rings (SSSR count). The average Bonchev–Trinajstić information content (AvgIpc) is 2.61. The molecule has 0 N–H and O–H groups in total. The molecule has 0 aliphatic heterocycles. The molecule has 4 heteroatoms. The summed E-state index contributed by atoms with van der Waals surface area (Å²) in [6.45, 7) is 5.40. The van der Waals surface area contributed by atoms with E-state index in [1.54, 1.807) is 7.11 Å². The van der Waals surface area contributed by atoms with Gasteiger partial charge in [0.05, 0.1) is 7.11 Å². The number of benzene rings is 2. The number of hydrogen-bond donors (Lipinski definition) is 0. The maximum absolute atomic E-state index is 5.70. The van der Waals surface area contributed by atoms with Crippen molar-refractivity contribution in [1.82, 2.24) is 14.7 Å². The van der Waals surface area contributed by atoms with Gasteiger partial charge >= 0.3 is 0 Å². The second kappa shape index (κ2) is 10.5. The predicted molar refractivity (Wildman–Crippen MR) is 112 cm³/mol. The van der Waals surface area contributed by atoms with Gasteiger partial charge in [-0.2, -0.15) is 0 Å². The highest BCUT2D eigenvalue weighted by Crippen LogP contribution is 2.29. The Morgan fingerprint density at radius 1 is 0.769 bits per heavy atom. The number of methoxy groups -OCH3 is 1. The molecule has 2 aromatic rings. The zero-order chi connectivity index (χ0) is 18.9. The zero-order valence-electron chi connectivity index (χ0n) is 17.2. The molecule has 0 atom stereocenters. The molecule has 0 saturated carbocycles. The summed E-state index contributed by atoms with van der Waals surface area (Å²) in [7, 11) is 10.3. The van der Waals surface area contributed by atoms with Gasteiger partial charge in [-0.25, -0.2) is 0 Å². The molecule has 0 fully saturated rings. The van der Waals surface area contributed by atoms with Crippen LogP contribution in [-0.4, -0.2) is 76.2 Å². The van der Waals surface area contributed by atoms with Crippen molar-refractivity contribution in [3.8, 4) is 5.75 Å². The van der Waals surface area contributed by atoms with Crippen LogP contribution in [0.2, 0.25) is 0 Å². The van der Waals surface area contributed by atoms with Gasteiger partial charge in [0.15, 0.2) is 0 Å². The van der Waals surface area contributed by atoms with Gasteiger partial charge in [0, 0.05) is 12.1 Å². The first-order valence-corrected chi connectivity index (χ1v) is 9.57. The van der Waals surface area contributed by atoms with E-state index >= 15 is 0 Å². The maximum atomic E-state index is 5.70. The fraction of sp³-hybridized carbons (Fsp3) is 0.545. The van der Waals surface area contributed by atoms with Gasteiger partial charge < -0.3 is 14.5 Å². The van der Waals surface area contributed by atoms with Gasteiger partial charge in [-0.15, -0.1) is 0 Å². The summed E-state index contributed by atoms with van der Waals surface area (Å²) in [6.07, 6.45) is 2.37. The average molecular weight is 358 g/mol. The summed E-state index contributed by atoms with van der Waals surface area (Å²) in [5.74, 6) is 0.994. The largest absolute Gasteiger partial charge is 0.496 e. The molecular formula is C22H35N3O. The van der Waals surface area contributed by atoms with E-state index < -0.39 is 0 Å². The molecule has 0 aromatic heterocycles. The quantitative estimate of drug-likeness (QED) is 0.612. The van der Waals surface area contributed by atoms with Crippen LogP contribution in [0.15, 0.2) is 36.4 Å². The van der Waals surface area contributed by atoms with E-state index in [1.165, 1.54) is 29.2 Å². The second-order valence-electron chi connectivity index (χ2n) is 7.56. The van der Waals surface area contributed by atoms with Gasteiger partial charge in [0.2, 0.25) is 0 Å². The van der Waals surface area contributed by atoms with Crippen molar-refractivity contribution in [1.29, 1.82) is 0 Å². The minimum Gasteiger partial charge on any atom is -0.496 e. The molecule has 0 saturated heterocycles. The monoisotopic (exact) mass is 357 g/mol. The van der Waals surface area contributed by atoms with Crippen molar-refractivity contribution >= 4 is 10.8 Å². The molecule has 0 aliphatic carbocycles. The summed E-state index contributed by atoms with van der Waals surface area (Å²) in [4.78, 5) is 7.10. The van der Waals surface area contributed by atoms with Gasteiger partial charge in [0.1, 0.15) is 5.75 Å². The van der Waals surface area contributed by atoms with E-state index in [0.29, 0.717) is 0 Å². The van der Waals surface area contributed by atoms with E-state index in [9.17, 15) is 0 Å². The molecule has 0 radical (unpaired) electrons. The Labute approximate surface area is 159 Å². The maximum Gasteiger partial charge on any atom is 0.123 e. The van der Waals surface area contributed by atoms with Gasteiger partial charge in [-0.1, -0.05) is 30.3 Å². The van der Waals surface area contributed by atoms with Crippen LogP contribution in [0, 0.1) is 0 Å². The SMILES string of the molecule is COc1ccc2ccccc2c1CN(CCCN(C)C)CCCN(C)C. The highest BCUT2D eigenvalue weighted by atomic mass is 16.5. The van der Waals surface area contributed by atoms with Gasteiger partial charge in [-0.3, -0.25) is 4.90 Å². The number of rotatable bonds is 11. The fourth-order valence-corrected chi connectivity index (χ4v) is 3.38. The first kappa shape index (κ1) is 20.7. The number of fused-ring (bicyclic) bond motifs is 1. The lowest BCUT2D eigenvalue weighted by molar-refractivity contribution is 0.232. The molecule has 144 valence electrons. The van der Waals surface area contributed by atoms with Crippen LogP contribution < -0.4 is 4.74 Å². The molecule has 4 nitrogen and oxygen atoms in total. The Kier molecular flexibility index (Phi) is 8.36. The first-order chi connectivity index (χ1) is 12.5. The zero-order valence-corrected chi connectivity index (χ0v) is 17.2. The van der Waals surface area contributed by atoms with Crippen LogP contribution in [0.3, 0.4) is 0 Å². The highest BCUT2D eigenvalue weighted by Gasteiger charge is 2.13. The van der Waals surface area contributed by atoms with E-state index in [1.807, 2.05) is 0 Å². The van der Waals surface area contributed by atoms with Crippen LogP contribution >= 0.6 is 0 Å². The Hall–Kier alpha value is -1.62. The third-order valence-corrected chi connectivity index (χ3v) is 4.76. The number of nitrogens with zero attached hydrogens (tertiary/aromatic N) is 3. The lowest BCUT2D eigenvalue weighted by Gasteiger charge is -2.25. The molecule has 0 aliphatic rings. The molecule has 2 aromatic carbocycles. The number of ether oxygens (including phenoxy) is 1. The molecule has 0 spiro atoms. The van der Waals surface area contributed by atoms with E-state index in [2.05, 4.69) is 79.3 Å². The van der Waals surface area contributed by atoms with Crippen molar-refractivity contribution in [2.45, 2.75) is 19.4 Å². The van der Waals surface area contributed by atoms with Crippen LogP contribution in [-0.2, 0) is 6.54 Å². The summed E-state index contributed by atoms with van der Waals surface area (Å²) in [5.41, 5.74) is 1.31. The molecule has 0 unspecified atom stereocenters. The standard InChI is InChI=1S/C22H35N3O/c1-23(2)14-8-16-25(17-9-15-24(3)4)18-21-20-11-7-6-10-19(20)12-13-22(21)26-5/h6-7,10-13H,8-9,14-18H2,1-5H3. The molecule has 0 amide bonds. The summed E-state index contributed by atoms with van der Waals surface area (Å²) in [5, 5.41) is 2.59. The van der Waals surface area contributed by atoms with Crippen LogP contribution in [0.25, 0.3) is 10.8 Å². The van der Waals surface area contributed by atoms with Crippen LogP contribution in [0.5, 0.6) is 5.75 Å². The minimum absolute atomic E-state index is 0.936. The van der Waals surface area contributed by atoms with Crippen LogP contribution in [0.1, 0.15) is 18.4 Å². The Bertz CT molecular complexity index is 655. The summed E-state index contributed by atoms with van der Waals surface area (Å²) in [6, 6.07) is 12.9.